The van der Waals surface area contributed by atoms with Crippen molar-refractivity contribution in [3.05, 3.63) is 17.4 Å². The molecule has 38 valence electrons. The van der Waals surface area contributed by atoms with Crippen molar-refractivity contribution in [2.45, 2.75) is 20.3 Å². The first-order valence-corrected chi connectivity index (χ1v) is 2.72. The van der Waals surface area contributed by atoms with Crippen LogP contribution in [0.1, 0.15) is 20.3 Å². The van der Waals surface area contributed by atoms with E-state index in [0.717, 1.165) is 5.92 Å². The number of hydrogen-bond donors (Lipinski definition) is 0. The Morgan fingerprint density at radius 1 is 1.86 bits per heavy atom. The normalized spacial score (nSPS) is 28.3. The average molecular weight is 94.2 g/mol. The molecule has 0 saturated heterocycles. The standard InChI is InChI=1S/C7H10/c1-6-4-3-5-7(6)2/h3,6H,4H2,1-2H3/t6-/m0/s1. The van der Waals surface area contributed by atoms with Crippen LogP contribution in [0.4, 0.5) is 0 Å². The molecule has 0 aromatic carbocycles. The molecule has 0 aliphatic heterocycles. The van der Waals surface area contributed by atoms with E-state index in [1.807, 2.05) is 0 Å². The molecule has 0 heteroatoms. The molecular formula is C7H10. The lowest BCUT2D eigenvalue weighted by Gasteiger charge is -1.98. The summed E-state index contributed by atoms with van der Waals surface area (Å²) in [5.41, 5.74) is 4.56. The molecule has 0 amide bonds. The third kappa shape index (κ3) is 0.755. The van der Waals surface area contributed by atoms with Gasteiger partial charge in [0.15, 0.2) is 0 Å². The second kappa shape index (κ2) is 1.55. The molecule has 0 nitrogen and oxygen atoms in total. The molecule has 0 aromatic heterocycles. The fourth-order valence-electron chi connectivity index (χ4n) is 0.716. The molecule has 0 spiro atoms. The second-order valence-corrected chi connectivity index (χ2v) is 2.17. The molecular weight excluding hydrogens is 84.1 g/mol. The highest BCUT2D eigenvalue weighted by molar-refractivity contribution is 5.09. The summed E-state index contributed by atoms with van der Waals surface area (Å²) in [6, 6.07) is 0. The van der Waals surface area contributed by atoms with Crippen LogP contribution in [0.5, 0.6) is 0 Å². The summed E-state index contributed by atoms with van der Waals surface area (Å²) < 4.78 is 0. The maximum absolute atomic E-state index is 3.16. The van der Waals surface area contributed by atoms with Crippen molar-refractivity contribution in [3.63, 3.8) is 0 Å². The van der Waals surface area contributed by atoms with Crippen LogP contribution in [0.25, 0.3) is 0 Å². The molecule has 1 aliphatic carbocycles. The summed E-state index contributed by atoms with van der Waals surface area (Å²) >= 11 is 0. The minimum absolute atomic E-state index is 0.764. The molecule has 1 atom stereocenters. The lowest BCUT2D eigenvalue weighted by molar-refractivity contribution is 0.718. The Bertz CT molecular complexity index is 125. The van der Waals surface area contributed by atoms with Crippen LogP contribution in [-0.2, 0) is 0 Å². The fraction of sp³-hybridized carbons (Fsp3) is 0.571. The van der Waals surface area contributed by atoms with Crippen LogP contribution in [0.15, 0.2) is 17.4 Å². The quantitative estimate of drug-likeness (QED) is 0.403. The smallest absolute Gasteiger partial charge is 0.0118 e. The molecule has 1 aliphatic rings. The highest BCUT2D eigenvalue weighted by atomic mass is 14.1. The van der Waals surface area contributed by atoms with Crippen molar-refractivity contribution >= 4 is 0 Å². The number of allylic oxidation sites excluding steroid dienone is 1. The first kappa shape index (κ1) is 4.67. The van der Waals surface area contributed by atoms with Crippen LogP contribution in [0.3, 0.4) is 0 Å². The number of hydrogen-bond acceptors (Lipinski definition) is 0. The van der Waals surface area contributed by atoms with Crippen LogP contribution < -0.4 is 0 Å². The van der Waals surface area contributed by atoms with Gasteiger partial charge in [-0.3, -0.25) is 0 Å². The van der Waals surface area contributed by atoms with Crippen LogP contribution in [-0.4, -0.2) is 0 Å². The van der Waals surface area contributed by atoms with Crippen LogP contribution >= 0.6 is 0 Å². The lowest BCUT2D eigenvalue weighted by Crippen LogP contribution is -1.86. The number of rotatable bonds is 0. The maximum atomic E-state index is 3.16. The lowest BCUT2D eigenvalue weighted by atomic mass is 10.1. The first-order chi connectivity index (χ1) is 3.30. The van der Waals surface area contributed by atoms with Crippen molar-refractivity contribution in [1.82, 2.24) is 0 Å². The molecule has 1 rings (SSSR count). The van der Waals surface area contributed by atoms with Gasteiger partial charge in [-0.05, 0) is 30.9 Å². The van der Waals surface area contributed by atoms with Crippen molar-refractivity contribution in [1.29, 1.82) is 0 Å². The minimum atomic E-state index is 0.764. The van der Waals surface area contributed by atoms with E-state index in [2.05, 4.69) is 25.7 Å². The first-order valence-electron chi connectivity index (χ1n) is 2.72. The van der Waals surface area contributed by atoms with E-state index in [0.29, 0.717) is 0 Å². The van der Waals surface area contributed by atoms with E-state index >= 15 is 0 Å². The zero-order chi connectivity index (χ0) is 5.28. The van der Waals surface area contributed by atoms with Crippen molar-refractivity contribution < 1.29 is 0 Å². The molecule has 0 radical (unpaired) electrons. The third-order valence-corrected chi connectivity index (χ3v) is 1.54. The zero-order valence-corrected chi connectivity index (χ0v) is 4.86. The Hall–Kier alpha value is -0.480. The Labute approximate surface area is 44.5 Å². The summed E-state index contributed by atoms with van der Waals surface area (Å²) in [4.78, 5) is 0. The van der Waals surface area contributed by atoms with Crippen LogP contribution in [0.2, 0.25) is 0 Å². The molecule has 0 aromatic rings. The highest BCUT2D eigenvalue weighted by Crippen LogP contribution is 2.17. The van der Waals surface area contributed by atoms with Crippen molar-refractivity contribution in [2.75, 3.05) is 0 Å². The Morgan fingerprint density at radius 2 is 2.57 bits per heavy atom. The van der Waals surface area contributed by atoms with Gasteiger partial charge in [0.2, 0.25) is 0 Å². The monoisotopic (exact) mass is 94.1 g/mol. The molecule has 0 bridgehead atoms. The third-order valence-electron chi connectivity index (χ3n) is 1.54. The summed E-state index contributed by atoms with van der Waals surface area (Å²) in [6.07, 6.45) is 3.31. The van der Waals surface area contributed by atoms with Gasteiger partial charge in [0, 0.05) is 0 Å². The SMILES string of the molecule is CC1=C=CC[C@@H]1C. The topological polar surface area (TPSA) is 0 Å². The molecule has 7 heavy (non-hydrogen) atoms. The summed E-state index contributed by atoms with van der Waals surface area (Å²) in [5.74, 6) is 0.764. The maximum Gasteiger partial charge on any atom is -0.0118 e. The van der Waals surface area contributed by atoms with Gasteiger partial charge >= 0.3 is 0 Å². The largest absolute Gasteiger partial charge is 0.126 e. The van der Waals surface area contributed by atoms with E-state index in [1.165, 1.54) is 12.0 Å². The van der Waals surface area contributed by atoms with Gasteiger partial charge in [-0.25, -0.2) is 0 Å². The Balaban J connectivity index is 2.70. The summed E-state index contributed by atoms with van der Waals surface area (Å²) in [5, 5.41) is 0. The van der Waals surface area contributed by atoms with E-state index in [4.69, 9.17) is 0 Å². The predicted molar refractivity (Wildman–Crippen MR) is 31.1 cm³/mol. The second-order valence-electron chi connectivity index (χ2n) is 2.17. The van der Waals surface area contributed by atoms with E-state index in [1.54, 1.807) is 0 Å². The zero-order valence-electron chi connectivity index (χ0n) is 4.86. The van der Waals surface area contributed by atoms with Gasteiger partial charge < -0.3 is 0 Å². The fourth-order valence-corrected chi connectivity index (χ4v) is 0.716. The Morgan fingerprint density at radius 3 is 2.71 bits per heavy atom. The van der Waals surface area contributed by atoms with E-state index in [-0.39, 0.29) is 0 Å². The van der Waals surface area contributed by atoms with Gasteiger partial charge in [0.25, 0.3) is 0 Å². The van der Waals surface area contributed by atoms with Gasteiger partial charge in [-0.15, -0.1) is 5.73 Å². The minimum Gasteiger partial charge on any atom is -0.126 e. The molecule has 0 saturated carbocycles. The van der Waals surface area contributed by atoms with Gasteiger partial charge in [0.1, 0.15) is 0 Å². The average Bonchev–Trinajstić information content (AvgIpc) is 1.91. The molecule has 0 unspecified atom stereocenters. The van der Waals surface area contributed by atoms with Crippen molar-refractivity contribution in [3.8, 4) is 0 Å². The molecule has 0 N–H and O–H groups in total. The summed E-state index contributed by atoms with van der Waals surface area (Å²) in [7, 11) is 0. The molecule has 0 fully saturated rings. The highest BCUT2D eigenvalue weighted by Gasteiger charge is 2.03. The molecule has 0 heterocycles. The summed E-state index contributed by atoms with van der Waals surface area (Å²) in [6.45, 7) is 4.36. The van der Waals surface area contributed by atoms with Gasteiger partial charge in [-0.1, -0.05) is 6.92 Å². The van der Waals surface area contributed by atoms with Gasteiger partial charge in [0.05, 0.1) is 0 Å². The van der Waals surface area contributed by atoms with Gasteiger partial charge in [-0.2, -0.15) is 0 Å². The van der Waals surface area contributed by atoms with Crippen LogP contribution in [0, 0.1) is 5.92 Å². The van der Waals surface area contributed by atoms with E-state index in [9.17, 15) is 0 Å². The van der Waals surface area contributed by atoms with E-state index < -0.39 is 0 Å². The Kier molecular flexibility index (Phi) is 1.04. The van der Waals surface area contributed by atoms with Crippen molar-refractivity contribution in [2.24, 2.45) is 5.92 Å². The predicted octanol–water partition coefficient (Wildman–Crippen LogP) is 2.13.